The highest BCUT2D eigenvalue weighted by molar-refractivity contribution is 5.65. The van der Waals surface area contributed by atoms with Crippen LogP contribution in [0.15, 0.2) is 48.5 Å². The van der Waals surface area contributed by atoms with Crippen LogP contribution in [0.4, 0.5) is 0 Å². The fourth-order valence-corrected chi connectivity index (χ4v) is 3.20. The van der Waals surface area contributed by atoms with Gasteiger partial charge < -0.3 is 34.3 Å². The molecule has 2 aromatic carbocycles. The molecule has 1 aliphatic rings. The van der Waals surface area contributed by atoms with Crippen molar-refractivity contribution >= 4 is 5.97 Å². The smallest absolute Gasteiger partial charge is 0.302 e. The zero-order valence-corrected chi connectivity index (χ0v) is 16.8. The van der Waals surface area contributed by atoms with Crippen molar-refractivity contribution in [3.8, 4) is 11.5 Å². The molecule has 0 spiro atoms. The van der Waals surface area contributed by atoms with Crippen molar-refractivity contribution in [3.63, 3.8) is 0 Å². The first-order chi connectivity index (χ1) is 14.4. The molecule has 3 N–H and O–H groups in total. The Morgan fingerprint density at radius 2 is 1.70 bits per heavy atom. The van der Waals surface area contributed by atoms with Crippen molar-refractivity contribution < 1.29 is 39.1 Å². The molecule has 1 aliphatic heterocycles. The number of methoxy groups -OCH3 is 1. The minimum Gasteiger partial charge on any atom is -0.497 e. The van der Waals surface area contributed by atoms with E-state index in [1.165, 1.54) is 6.92 Å². The van der Waals surface area contributed by atoms with Crippen LogP contribution in [-0.2, 0) is 20.7 Å². The second-order valence-corrected chi connectivity index (χ2v) is 7.07. The van der Waals surface area contributed by atoms with E-state index >= 15 is 0 Å². The number of hydrogen-bond donors (Lipinski definition) is 3. The molecule has 0 aliphatic carbocycles. The summed E-state index contributed by atoms with van der Waals surface area (Å²) in [5, 5.41) is 30.6. The van der Waals surface area contributed by atoms with Crippen LogP contribution in [0.3, 0.4) is 0 Å². The predicted molar refractivity (Wildman–Crippen MR) is 106 cm³/mol. The minimum absolute atomic E-state index is 0.270. The molecule has 3 rings (SSSR count). The van der Waals surface area contributed by atoms with E-state index in [0.29, 0.717) is 12.2 Å². The van der Waals surface area contributed by atoms with Crippen LogP contribution in [-0.4, -0.2) is 65.7 Å². The Balaban J connectivity index is 1.74. The molecule has 0 unspecified atom stereocenters. The van der Waals surface area contributed by atoms with E-state index in [1.807, 2.05) is 36.4 Å². The number of aliphatic hydroxyl groups excluding tert-OH is 3. The molecule has 8 nitrogen and oxygen atoms in total. The van der Waals surface area contributed by atoms with Gasteiger partial charge in [0, 0.05) is 13.3 Å². The number of rotatable bonds is 7. The summed E-state index contributed by atoms with van der Waals surface area (Å²) in [6.45, 7) is 0.956. The lowest BCUT2D eigenvalue weighted by Gasteiger charge is -2.40. The Bertz CT molecular complexity index is 837. The van der Waals surface area contributed by atoms with E-state index in [9.17, 15) is 20.1 Å². The Kier molecular flexibility index (Phi) is 7.28. The van der Waals surface area contributed by atoms with E-state index in [-0.39, 0.29) is 6.61 Å². The summed E-state index contributed by atoms with van der Waals surface area (Å²) in [4.78, 5) is 11.1. The molecule has 30 heavy (non-hydrogen) atoms. The van der Waals surface area contributed by atoms with E-state index in [0.717, 1.165) is 16.9 Å². The van der Waals surface area contributed by atoms with Crippen LogP contribution in [0.1, 0.15) is 18.1 Å². The van der Waals surface area contributed by atoms with E-state index in [4.69, 9.17) is 18.9 Å². The summed E-state index contributed by atoms with van der Waals surface area (Å²) in [6, 6.07) is 14.9. The normalized spacial score (nSPS) is 26.1. The molecule has 1 fully saturated rings. The quantitative estimate of drug-likeness (QED) is 0.572. The van der Waals surface area contributed by atoms with Gasteiger partial charge in [-0.15, -0.1) is 0 Å². The first-order valence-electron chi connectivity index (χ1n) is 9.59. The van der Waals surface area contributed by atoms with Gasteiger partial charge in [-0.3, -0.25) is 4.79 Å². The van der Waals surface area contributed by atoms with Crippen molar-refractivity contribution in [3.05, 3.63) is 59.7 Å². The van der Waals surface area contributed by atoms with Gasteiger partial charge in [-0.2, -0.15) is 0 Å². The van der Waals surface area contributed by atoms with Crippen molar-refractivity contribution in [2.75, 3.05) is 13.7 Å². The van der Waals surface area contributed by atoms with Gasteiger partial charge >= 0.3 is 5.97 Å². The maximum Gasteiger partial charge on any atom is 0.302 e. The number of aliphatic hydroxyl groups is 3. The molecular formula is C22H26O8. The number of benzene rings is 2. The number of esters is 1. The molecule has 1 saturated heterocycles. The second kappa shape index (κ2) is 9.90. The summed E-state index contributed by atoms with van der Waals surface area (Å²) in [5.41, 5.74) is 1.87. The first kappa shape index (κ1) is 22.0. The molecule has 0 saturated carbocycles. The molecule has 0 aromatic heterocycles. The van der Waals surface area contributed by atoms with Gasteiger partial charge in [0.2, 0.25) is 6.29 Å². The lowest BCUT2D eigenvalue weighted by atomic mass is 9.99. The largest absolute Gasteiger partial charge is 0.497 e. The first-order valence-corrected chi connectivity index (χ1v) is 9.59. The fraction of sp³-hybridized carbons (Fsp3) is 0.409. The third-order valence-electron chi connectivity index (χ3n) is 4.89. The third kappa shape index (κ3) is 5.28. The number of ether oxygens (including phenoxy) is 4. The zero-order valence-electron chi connectivity index (χ0n) is 16.8. The van der Waals surface area contributed by atoms with Crippen LogP contribution >= 0.6 is 0 Å². The van der Waals surface area contributed by atoms with Crippen LogP contribution in [0.25, 0.3) is 0 Å². The van der Waals surface area contributed by atoms with Crippen LogP contribution < -0.4 is 9.47 Å². The molecule has 162 valence electrons. The lowest BCUT2D eigenvalue weighted by molar-refractivity contribution is -0.278. The van der Waals surface area contributed by atoms with E-state index in [2.05, 4.69) is 0 Å². The summed E-state index contributed by atoms with van der Waals surface area (Å²) in [5.74, 6) is 0.675. The summed E-state index contributed by atoms with van der Waals surface area (Å²) in [6.07, 6.45) is -6.15. The lowest BCUT2D eigenvalue weighted by Crippen LogP contribution is -2.60. The molecule has 0 bridgehead atoms. The summed E-state index contributed by atoms with van der Waals surface area (Å²) in [7, 11) is 1.60. The van der Waals surface area contributed by atoms with Gasteiger partial charge in [-0.05, 0) is 29.3 Å². The maximum absolute atomic E-state index is 11.1. The Morgan fingerprint density at radius 3 is 2.37 bits per heavy atom. The highest BCUT2D eigenvalue weighted by atomic mass is 16.7. The van der Waals surface area contributed by atoms with Gasteiger partial charge in [0.1, 0.15) is 42.5 Å². The Labute approximate surface area is 174 Å². The maximum atomic E-state index is 11.1. The highest BCUT2D eigenvalue weighted by Crippen LogP contribution is 2.28. The topological polar surface area (TPSA) is 115 Å². The predicted octanol–water partition coefficient (Wildman–Crippen LogP) is 1.04. The molecule has 5 atom stereocenters. The van der Waals surface area contributed by atoms with Gasteiger partial charge in [-0.1, -0.05) is 30.3 Å². The number of hydrogen-bond acceptors (Lipinski definition) is 8. The van der Waals surface area contributed by atoms with Gasteiger partial charge in [0.05, 0.1) is 7.11 Å². The Hall–Kier alpha value is -2.65. The fourth-order valence-electron chi connectivity index (χ4n) is 3.20. The SMILES string of the molecule is COc1ccc(Cc2ccccc2O[C@H]2O[C@H](COC(C)=O)[C@@H](O)[C@H](O)[C@H]2O)cc1. The van der Waals surface area contributed by atoms with Crippen molar-refractivity contribution in [1.29, 1.82) is 0 Å². The van der Waals surface area contributed by atoms with E-state index < -0.39 is 36.7 Å². The molecule has 2 aromatic rings. The molecule has 1 heterocycles. The van der Waals surface area contributed by atoms with Crippen LogP contribution in [0.5, 0.6) is 11.5 Å². The Morgan fingerprint density at radius 1 is 1.00 bits per heavy atom. The molecule has 0 radical (unpaired) electrons. The second-order valence-electron chi connectivity index (χ2n) is 7.07. The average Bonchev–Trinajstić information content (AvgIpc) is 2.75. The minimum atomic E-state index is -1.52. The molecular weight excluding hydrogens is 392 g/mol. The monoisotopic (exact) mass is 418 g/mol. The zero-order chi connectivity index (χ0) is 21.7. The molecule has 0 amide bonds. The summed E-state index contributed by atoms with van der Waals surface area (Å²) >= 11 is 0. The summed E-state index contributed by atoms with van der Waals surface area (Å²) < 4.78 is 21.5. The standard InChI is InChI=1S/C22H26O8/c1-13(23)28-12-18-19(24)20(25)21(26)22(30-18)29-17-6-4-3-5-15(17)11-14-7-9-16(27-2)10-8-14/h3-10,18-22,24-26H,11-12H2,1-2H3/t18-,19-,20+,21-,22+/m1/s1. The van der Waals surface area contributed by atoms with Gasteiger partial charge in [-0.25, -0.2) is 0 Å². The van der Waals surface area contributed by atoms with E-state index in [1.54, 1.807) is 19.2 Å². The number of para-hydroxylation sites is 1. The van der Waals surface area contributed by atoms with Gasteiger partial charge in [0.15, 0.2) is 0 Å². The highest BCUT2D eigenvalue weighted by Gasteiger charge is 2.45. The van der Waals surface area contributed by atoms with Crippen molar-refractivity contribution in [1.82, 2.24) is 0 Å². The average molecular weight is 418 g/mol. The van der Waals surface area contributed by atoms with Gasteiger partial charge in [0.25, 0.3) is 0 Å². The number of carbonyl (C=O) groups is 1. The molecule has 8 heteroatoms. The number of carbonyl (C=O) groups excluding carboxylic acids is 1. The third-order valence-corrected chi connectivity index (χ3v) is 4.89. The van der Waals surface area contributed by atoms with Crippen LogP contribution in [0, 0.1) is 0 Å². The van der Waals surface area contributed by atoms with Crippen molar-refractivity contribution in [2.24, 2.45) is 0 Å². The van der Waals surface area contributed by atoms with Crippen LogP contribution in [0.2, 0.25) is 0 Å². The van der Waals surface area contributed by atoms with Crippen molar-refractivity contribution in [2.45, 2.75) is 44.1 Å².